The van der Waals surface area contributed by atoms with Gasteiger partial charge in [0.1, 0.15) is 0 Å². The smallest absolute Gasteiger partial charge is 0.0861 e. The molecule has 0 bridgehead atoms. The van der Waals surface area contributed by atoms with E-state index >= 15 is 0 Å². The molecule has 1 aromatic heterocycles. The quantitative estimate of drug-likeness (QED) is 0.642. The summed E-state index contributed by atoms with van der Waals surface area (Å²) in [7, 11) is 0. The van der Waals surface area contributed by atoms with Gasteiger partial charge >= 0.3 is 0 Å². The van der Waals surface area contributed by atoms with Gasteiger partial charge in [0, 0.05) is 10.3 Å². The summed E-state index contributed by atoms with van der Waals surface area (Å²) < 4.78 is 4.30. The average molecular weight is 228 g/mol. The third-order valence-electron chi connectivity index (χ3n) is 1.85. The van der Waals surface area contributed by atoms with Crippen LogP contribution < -0.4 is 0 Å². The number of nitrogens with zero attached hydrogens (tertiary/aromatic N) is 1. The first-order chi connectivity index (χ1) is 6.68. The highest BCUT2D eigenvalue weighted by atomic mass is 35.5. The molecule has 1 aromatic carbocycles. The van der Waals surface area contributed by atoms with E-state index in [1.165, 1.54) is 16.4 Å². The van der Waals surface area contributed by atoms with Crippen molar-refractivity contribution < 1.29 is 0 Å². The molecule has 0 saturated heterocycles. The van der Waals surface area contributed by atoms with Crippen molar-refractivity contribution in [3.63, 3.8) is 0 Å². The van der Waals surface area contributed by atoms with Crippen LogP contribution in [0, 0.1) is 13.8 Å². The van der Waals surface area contributed by atoms with Crippen molar-refractivity contribution in [2.24, 2.45) is 0 Å². The zero-order chi connectivity index (χ0) is 10.7. The molecule has 0 aliphatic carbocycles. The zero-order valence-electron chi connectivity index (χ0n) is 8.89. The summed E-state index contributed by atoms with van der Waals surface area (Å²) in [5, 5.41) is 1.92. The van der Waals surface area contributed by atoms with Crippen molar-refractivity contribution in [3.05, 3.63) is 27.6 Å². The summed E-state index contributed by atoms with van der Waals surface area (Å²) in [6, 6.07) is 4.04. The summed E-state index contributed by atoms with van der Waals surface area (Å²) in [5.41, 5.74) is 2.18. The van der Waals surface area contributed by atoms with E-state index in [-0.39, 0.29) is 0 Å². The summed E-state index contributed by atoms with van der Waals surface area (Å²) in [6.07, 6.45) is 0. The summed E-state index contributed by atoms with van der Waals surface area (Å²) in [6.45, 7) is 8.07. The molecule has 2 aromatic rings. The number of fused-ring (bicyclic) bond motifs is 1. The first kappa shape index (κ1) is 11.5. The molecule has 0 N–H and O–H groups in total. The molecule has 0 spiro atoms. The molecule has 76 valence electrons. The van der Waals surface area contributed by atoms with Gasteiger partial charge in [-0.25, -0.2) is 0 Å². The summed E-state index contributed by atoms with van der Waals surface area (Å²) in [5.74, 6) is 0. The van der Waals surface area contributed by atoms with Gasteiger partial charge in [0.15, 0.2) is 0 Å². The predicted octanol–water partition coefficient (Wildman–Crippen LogP) is 4.59. The highest BCUT2D eigenvalue weighted by Gasteiger charge is 2.06. The number of aromatic nitrogens is 1. The van der Waals surface area contributed by atoms with Gasteiger partial charge in [0.05, 0.1) is 10.5 Å². The Morgan fingerprint density at radius 1 is 1.21 bits per heavy atom. The fourth-order valence-corrected chi connectivity index (χ4v) is 2.46. The molecule has 0 fully saturated rings. The Morgan fingerprint density at radius 3 is 2.50 bits per heavy atom. The maximum Gasteiger partial charge on any atom is 0.0861 e. The first-order valence-corrected chi connectivity index (χ1v) is 5.86. The van der Waals surface area contributed by atoms with Gasteiger partial charge in [-0.15, -0.1) is 0 Å². The van der Waals surface area contributed by atoms with Crippen LogP contribution in [0.25, 0.3) is 10.9 Å². The van der Waals surface area contributed by atoms with Gasteiger partial charge in [-0.1, -0.05) is 25.4 Å². The Morgan fingerprint density at radius 2 is 1.86 bits per heavy atom. The summed E-state index contributed by atoms with van der Waals surface area (Å²) in [4.78, 5) is 1.19. The molecule has 0 aliphatic rings. The average Bonchev–Trinajstić information content (AvgIpc) is 2.51. The van der Waals surface area contributed by atoms with Crippen molar-refractivity contribution in [1.82, 2.24) is 4.37 Å². The Labute approximate surface area is 93.9 Å². The predicted molar refractivity (Wildman–Crippen MR) is 65.5 cm³/mol. The summed E-state index contributed by atoms with van der Waals surface area (Å²) >= 11 is 7.58. The maximum atomic E-state index is 6.08. The molecular weight excluding hydrogens is 214 g/mol. The van der Waals surface area contributed by atoms with Crippen molar-refractivity contribution in [2.45, 2.75) is 27.7 Å². The second kappa shape index (κ2) is 4.76. The van der Waals surface area contributed by atoms with Gasteiger partial charge in [-0.3, -0.25) is 0 Å². The lowest BCUT2D eigenvalue weighted by Crippen LogP contribution is -1.75. The number of hydrogen-bond acceptors (Lipinski definition) is 2. The lowest BCUT2D eigenvalue weighted by atomic mass is 10.1. The van der Waals surface area contributed by atoms with Crippen molar-refractivity contribution >= 4 is 34.0 Å². The van der Waals surface area contributed by atoms with E-state index in [4.69, 9.17) is 11.6 Å². The van der Waals surface area contributed by atoms with Gasteiger partial charge in [-0.2, -0.15) is 4.37 Å². The fourth-order valence-electron chi connectivity index (χ4n) is 1.31. The van der Waals surface area contributed by atoms with Crippen LogP contribution in [-0.2, 0) is 0 Å². The van der Waals surface area contributed by atoms with Crippen molar-refractivity contribution in [1.29, 1.82) is 0 Å². The molecule has 0 radical (unpaired) electrons. The van der Waals surface area contributed by atoms with Crippen LogP contribution in [0.2, 0.25) is 5.02 Å². The number of benzene rings is 1. The zero-order valence-corrected chi connectivity index (χ0v) is 10.5. The third-order valence-corrected chi connectivity index (χ3v) is 2.91. The first-order valence-electron chi connectivity index (χ1n) is 4.70. The van der Waals surface area contributed by atoms with Crippen LogP contribution >= 0.6 is 23.1 Å². The van der Waals surface area contributed by atoms with Gasteiger partial charge in [0.25, 0.3) is 0 Å². The highest BCUT2D eigenvalue weighted by molar-refractivity contribution is 7.07. The molecule has 0 atom stereocenters. The van der Waals surface area contributed by atoms with E-state index in [1.54, 1.807) is 0 Å². The van der Waals surface area contributed by atoms with E-state index in [0.29, 0.717) is 0 Å². The van der Waals surface area contributed by atoms with E-state index in [9.17, 15) is 0 Å². The molecule has 0 aliphatic heterocycles. The Hall–Kier alpha value is -0.600. The van der Waals surface area contributed by atoms with Gasteiger partial charge in [0.2, 0.25) is 0 Å². The second-order valence-corrected chi connectivity index (χ2v) is 4.26. The second-order valence-electron chi connectivity index (χ2n) is 2.88. The lowest BCUT2D eigenvalue weighted by Gasteiger charge is -1.96. The normalized spacial score (nSPS) is 9.79. The van der Waals surface area contributed by atoms with Crippen molar-refractivity contribution in [2.75, 3.05) is 0 Å². The molecule has 0 saturated carbocycles. The molecular formula is C11H14ClNS. The van der Waals surface area contributed by atoms with Crippen LogP contribution in [0.4, 0.5) is 0 Å². The minimum absolute atomic E-state index is 0.816. The minimum Gasteiger partial charge on any atom is -0.192 e. The molecule has 0 unspecified atom stereocenters. The molecule has 1 nitrogen and oxygen atoms in total. The van der Waals surface area contributed by atoms with Crippen LogP contribution in [0.1, 0.15) is 24.3 Å². The monoisotopic (exact) mass is 227 g/mol. The Kier molecular flexibility index (Phi) is 3.90. The lowest BCUT2D eigenvalue weighted by molar-refractivity contribution is 1.49. The molecule has 0 amide bonds. The van der Waals surface area contributed by atoms with Crippen LogP contribution in [-0.4, -0.2) is 4.37 Å². The van der Waals surface area contributed by atoms with Gasteiger partial charge < -0.3 is 0 Å². The van der Waals surface area contributed by atoms with Crippen molar-refractivity contribution in [3.8, 4) is 0 Å². The molecule has 2 rings (SSSR count). The number of hydrogen-bond donors (Lipinski definition) is 0. The Balaban J connectivity index is 0.000000461. The minimum atomic E-state index is 0.816. The molecule has 14 heavy (non-hydrogen) atoms. The molecule has 1 heterocycles. The van der Waals surface area contributed by atoms with Crippen LogP contribution in [0.15, 0.2) is 12.1 Å². The molecule has 3 heteroatoms. The van der Waals surface area contributed by atoms with Crippen LogP contribution in [0.5, 0.6) is 0 Å². The fraction of sp³-hybridized carbons (Fsp3) is 0.364. The van der Waals surface area contributed by atoms with Gasteiger partial charge in [-0.05, 0) is 43.1 Å². The Bertz CT molecular complexity index is 434. The number of rotatable bonds is 0. The van der Waals surface area contributed by atoms with E-state index in [1.807, 2.05) is 33.8 Å². The van der Waals surface area contributed by atoms with E-state index in [2.05, 4.69) is 10.4 Å². The topological polar surface area (TPSA) is 12.9 Å². The van der Waals surface area contributed by atoms with E-state index in [0.717, 1.165) is 21.5 Å². The third kappa shape index (κ3) is 2.07. The maximum absolute atomic E-state index is 6.08. The SMILES string of the molecule is CC.Cc1cc(Cl)c2c(C)snc2c1. The highest BCUT2D eigenvalue weighted by Crippen LogP contribution is 2.29. The van der Waals surface area contributed by atoms with E-state index < -0.39 is 0 Å². The standard InChI is InChI=1S/C9H8ClNS.C2H6/c1-5-3-7(10)9-6(2)12-11-8(9)4-5;1-2/h3-4H,1-2H3;1-2H3. The number of halogens is 1. The van der Waals surface area contributed by atoms with Crippen LogP contribution in [0.3, 0.4) is 0 Å². The largest absolute Gasteiger partial charge is 0.192 e. The number of aryl methyl sites for hydroxylation is 2.